The summed E-state index contributed by atoms with van der Waals surface area (Å²) in [5.74, 6) is 1.67. The fraction of sp³-hybridized carbons (Fsp3) is 0.250. The first kappa shape index (κ1) is 18.1. The van der Waals surface area contributed by atoms with E-state index in [1.54, 1.807) is 29.2 Å². The first-order valence-electron chi connectivity index (χ1n) is 8.98. The summed E-state index contributed by atoms with van der Waals surface area (Å²) in [4.78, 5) is 13.3. The summed E-state index contributed by atoms with van der Waals surface area (Å²) in [7, 11) is 0. The van der Waals surface area contributed by atoms with Crippen molar-refractivity contribution >= 4 is 50.0 Å². The summed E-state index contributed by atoms with van der Waals surface area (Å²) in [6.45, 7) is 0. The number of thioether (sulfide) groups is 1. The molecule has 0 aliphatic heterocycles. The van der Waals surface area contributed by atoms with Crippen molar-refractivity contribution in [3.8, 4) is 0 Å². The van der Waals surface area contributed by atoms with E-state index in [0.29, 0.717) is 17.4 Å². The maximum absolute atomic E-state index is 12.0. The number of nitrogens with zero attached hydrogens (tertiary/aromatic N) is 3. The summed E-state index contributed by atoms with van der Waals surface area (Å²) in [6, 6.07) is 12.1. The molecule has 142 valence electrons. The third kappa shape index (κ3) is 3.68. The zero-order valence-electron chi connectivity index (χ0n) is 14.8. The SMILES string of the molecule is O=c1cc(CSc2nnc(Cc3cccs3)n2C2CC2)c2ccc(Br)cc2o1. The maximum atomic E-state index is 12.0. The maximum Gasteiger partial charge on any atom is 0.336 e. The van der Waals surface area contributed by atoms with Gasteiger partial charge in [-0.1, -0.05) is 33.8 Å². The van der Waals surface area contributed by atoms with Gasteiger partial charge in [0.15, 0.2) is 5.16 Å². The Bertz CT molecular complexity index is 1200. The minimum absolute atomic E-state index is 0.330. The van der Waals surface area contributed by atoms with E-state index in [0.717, 1.165) is 32.8 Å². The van der Waals surface area contributed by atoms with E-state index in [1.165, 1.54) is 17.7 Å². The number of benzene rings is 1. The Hall–Kier alpha value is -1.90. The first-order chi connectivity index (χ1) is 13.7. The van der Waals surface area contributed by atoms with Gasteiger partial charge in [0.05, 0.1) is 0 Å². The summed E-state index contributed by atoms with van der Waals surface area (Å²) in [6.07, 6.45) is 3.16. The van der Waals surface area contributed by atoms with E-state index in [4.69, 9.17) is 4.42 Å². The van der Waals surface area contributed by atoms with Crippen LogP contribution in [0.1, 0.15) is 35.1 Å². The van der Waals surface area contributed by atoms with E-state index >= 15 is 0 Å². The molecule has 1 saturated carbocycles. The first-order valence-corrected chi connectivity index (χ1v) is 11.6. The second-order valence-electron chi connectivity index (χ2n) is 6.78. The molecule has 0 radical (unpaired) electrons. The molecule has 1 fully saturated rings. The van der Waals surface area contributed by atoms with E-state index in [1.807, 2.05) is 18.2 Å². The van der Waals surface area contributed by atoms with Crippen molar-refractivity contribution in [2.45, 2.75) is 36.2 Å². The van der Waals surface area contributed by atoms with Gasteiger partial charge < -0.3 is 8.98 Å². The van der Waals surface area contributed by atoms with Crippen LogP contribution in [-0.4, -0.2) is 14.8 Å². The molecule has 5 nitrogen and oxygen atoms in total. The number of aromatic nitrogens is 3. The highest BCUT2D eigenvalue weighted by Gasteiger charge is 2.29. The van der Waals surface area contributed by atoms with Gasteiger partial charge in [0.1, 0.15) is 11.4 Å². The highest BCUT2D eigenvalue weighted by Crippen LogP contribution is 2.40. The molecule has 3 aromatic heterocycles. The summed E-state index contributed by atoms with van der Waals surface area (Å²) >= 11 is 6.80. The molecule has 8 heteroatoms. The van der Waals surface area contributed by atoms with Crippen molar-refractivity contribution in [3.05, 3.63) is 72.9 Å². The van der Waals surface area contributed by atoms with Crippen molar-refractivity contribution in [2.24, 2.45) is 0 Å². The van der Waals surface area contributed by atoms with E-state index in [-0.39, 0.29) is 5.63 Å². The molecule has 0 unspecified atom stereocenters. The number of rotatable bonds is 6. The minimum Gasteiger partial charge on any atom is -0.423 e. The van der Waals surface area contributed by atoms with Gasteiger partial charge in [-0.05, 0) is 48.1 Å². The third-order valence-electron chi connectivity index (χ3n) is 4.71. The number of thiophene rings is 1. The van der Waals surface area contributed by atoms with Gasteiger partial charge in [-0.25, -0.2) is 4.79 Å². The Morgan fingerprint density at radius 1 is 1.25 bits per heavy atom. The predicted octanol–water partition coefficient (Wildman–Crippen LogP) is 5.43. The van der Waals surface area contributed by atoms with Crippen LogP contribution in [-0.2, 0) is 12.2 Å². The van der Waals surface area contributed by atoms with Crippen molar-refractivity contribution in [3.63, 3.8) is 0 Å². The standard InChI is InChI=1S/C20H16BrN3O2S2/c21-13-3-6-16-12(8-19(25)26-17(16)9-13)11-28-20-23-22-18(24(20)14-4-5-14)10-15-2-1-7-27-15/h1-3,6-9,14H,4-5,10-11H2. The zero-order chi connectivity index (χ0) is 19.1. The number of fused-ring (bicyclic) bond motifs is 1. The van der Waals surface area contributed by atoms with Gasteiger partial charge >= 0.3 is 5.63 Å². The zero-order valence-corrected chi connectivity index (χ0v) is 18.0. The average molecular weight is 474 g/mol. The quantitative estimate of drug-likeness (QED) is 0.276. The van der Waals surface area contributed by atoms with Gasteiger partial charge in [-0.15, -0.1) is 21.5 Å². The molecule has 28 heavy (non-hydrogen) atoms. The lowest BCUT2D eigenvalue weighted by Crippen LogP contribution is -2.04. The third-order valence-corrected chi connectivity index (χ3v) is 7.07. The number of hydrogen-bond acceptors (Lipinski definition) is 6. The van der Waals surface area contributed by atoms with Crippen LogP contribution in [0.4, 0.5) is 0 Å². The molecule has 3 heterocycles. The molecule has 0 saturated heterocycles. The molecule has 0 spiro atoms. The molecular formula is C20H16BrN3O2S2. The lowest BCUT2D eigenvalue weighted by molar-refractivity contribution is 0.559. The van der Waals surface area contributed by atoms with Crippen LogP contribution in [0.15, 0.2) is 60.6 Å². The van der Waals surface area contributed by atoms with Crippen LogP contribution in [0.5, 0.6) is 0 Å². The lowest BCUT2D eigenvalue weighted by Gasteiger charge is -2.09. The van der Waals surface area contributed by atoms with Crippen LogP contribution >= 0.6 is 39.0 Å². The number of halogens is 1. The van der Waals surface area contributed by atoms with Gasteiger partial charge in [0.2, 0.25) is 0 Å². The second-order valence-corrected chi connectivity index (χ2v) is 9.67. The monoisotopic (exact) mass is 473 g/mol. The minimum atomic E-state index is -0.330. The fourth-order valence-corrected chi connectivity index (χ4v) is 5.32. The summed E-state index contributed by atoms with van der Waals surface area (Å²) in [5, 5.41) is 12.9. The van der Waals surface area contributed by atoms with Gasteiger partial charge in [-0.2, -0.15) is 0 Å². The molecule has 1 aliphatic carbocycles. The van der Waals surface area contributed by atoms with Gasteiger partial charge in [0, 0.05) is 39.0 Å². The molecular weight excluding hydrogens is 458 g/mol. The highest BCUT2D eigenvalue weighted by molar-refractivity contribution is 9.10. The normalized spacial score (nSPS) is 14.0. The highest BCUT2D eigenvalue weighted by atomic mass is 79.9. The fourth-order valence-electron chi connectivity index (χ4n) is 3.26. The van der Waals surface area contributed by atoms with Crippen LogP contribution in [0.3, 0.4) is 0 Å². The van der Waals surface area contributed by atoms with Crippen molar-refractivity contribution in [2.75, 3.05) is 0 Å². The smallest absolute Gasteiger partial charge is 0.336 e. The Kier molecular flexibility index (Phi) is 4.86. The van der Waals surface area contributed by atoms with Crippen LogP contribution in [0.2, 0.25) is 0 Å². The summed E-state index contributed by atoms with van der Waals surface area (Å²) in [5.41, 5.74) is 1.22. The molecule has 5 rings (SSSR count). The lowest BCUT2D eigenvalue weighted by atomic mass is 10.1. The van der Waals surface area contributed by atoms with E-state index in [2.05, 4.69) is 48.2 Å². The molecule has 0 bridgehead atoms. The molecule has 0 N–H and O–H groups in total. The average Bonchev–Trinajstić information content (AvgIpc) is 3.22. The van der Waals surface area contributed by atoms with Crippen LogP contribution < -0.4 is 5.63 Å². The van der Waals surface area contributed by atoms with Gasteiger partial charge in [0.25, 0.3) is 0 Å². The van der Waals surface area contributed by atoms with E-state index in [9.17, 15) is 4.79 Å². The Balaban J connectivity index is 1.44. The van der Waals surface area contributed by atoms with Crippen LogP contribution in [0.25, 0.3) is 11.0 Å². The molecule has 1 aromatic carbocycles. The topological polar surface area (TPSA) is 60.9 Å². The molecule has 1 aliphatic rings. The largest absolute Gasteiger partial charge is 0.423 e. The molecule has 4 aromatic rings. The summed E-state index contributed by atoms with van der Waals surface area (Å²) < 4.78 is 8.52. The van der Waals surface area contributed by atoms with E-state index < -0.39 is 0 Å². The van der Waals surface area contributed by atoms with Gasteiger partial charge in [-0.3, -0.25) is 0 Å². The Morgan fingerprint density at radius 2 is 2.14 bits per heavy atom. The Labute approximate surface area is 177 Å². The van der Waals surface area contributed by atoms with Crippen molar-refractivity contribution in [1.82, 2.24) is 14.8 Å². The van der Waals surface area contributed by atoms with Crippen molar-refractivity contribution in [1.29, 1.82) is 0 Å². The molecule has 0 amide bonds. The molecule has 0 atom stereocenters. The van der Waals surface area contributed by atoms with Crippen molar-refractivity contribution < 1.29 is 4.42 Å². The van der Waals surface area contributed by atoms with Crippen LogP contribution in [0, 0.1) is 0 Å². The second kappa shape index (κ2) is 7.50. The Morgan fingerprint density at radius 3 is 2.93 bits per heavy atom. The number of hydrogen-bond donors (Lipinski definition) is 0. The predicted molar refractivity (Wildman–Crippen MR) is 115 cm³/mol.